The molecule has 8 nitrogen and oxygen atoms in total. The number of pyridine rings is 1. The Labute approximate surface area is 215 Å². The van der Waals surface area contributed by atoms with Crippen molar-refractivity contribution < 1.29 is 22.7 Å². The number of methoxy groups -OCH3 is 1. The molecule has 2 aromatic carbocycles. The first-order valence-electron chi connectivity index (χ1n) is 11.4. The summed E-state index contributed by atoms with van der Waals surface area (Å²) in [6.07, 6.45) is 4.37. The number of hydrogen-bond acceptors (Lipinski definition) is 6. The molecule has 2 heterocycles. The third-order valence-corrected chi connectivity index (χ3v) is 8.30. The molecule has 0 aliphatic carbocycles. The predicted octanol–water partition coefficient (Wildman–Crippen LogP) is 4.02. The molecule has 0 radical (unpaired) electrons. The fraction of sp³-hybridized carbons (Fsp3) is 0.269. The highest BCUT2D eigenvalue weighted by atomic mass is 35.5. The van der Waals surface area contributed by atoms with Crippen LogP contribution in [0.15, 0.2) is 78.0 Å². The van der Waals surface area contributed by atoms with E-state index in [1.165, 1.54) is 41.9 Å². The molecule has 0 saturated carbocycles. The third kappa shape index (κ3) is 5.75. The summed E-state index contributed by atoms with van der Waals surface area (Å²) in [6, 6.07) is 15.6. The molecule has 1 aromatic heterocycles. The van der Waals surface area contributed by atoms with Gasteiger partial charge in [0.1, 0.15) is 0 Å². The van der Waals surface area contributed by atoms with Crippen molar-refractivity contribution in [3.05, 3.63) is 94.8 Å². The van der Waals surface area contributed by atoms with Crippen LogP contribution in [-0.2, 0) is 21.3 Å². The van der Waals surface area contributed by atoms with Crippen molar-refractivity contribution >= 4 is 33.5 Å². The fourth-order valence-electron chi connectivity index (χ4n) is 4.24. The molecule has 0 spiro atoms. The van der Waals surface area contributed by atoms with Gasteiger partial charge in [-0.25, -0.2) is 13.2 Å². The second-order valence-corrected chi connectivity index (χ2v) is 10.8. The molecule has 188 valence electrons. The number of piperidine rings is 1. The van der Waals surface area contributed by atoms with Gasteiger partial charge < -0.3 is 9.64 Å². The molecule has 36 heavy (non-hydrogen) atoms. The lowest BCUT2D eigenvalue weighted by atomic mass is 10.0. The van der Waals surface area contributed by atoms with Crippen LogP contribution in [-0.4, -0.2) is 60.7 Å². The zero-order valence-corrected chi connectivity index (χ0v) is 21.3. The van der Waals surface area contributed by atoms with Crippen LogP contribution >= 0.6 is 11.6 Å². The zero-order valence-electron chi connectivity index (χ0n) is 19.7. The van der Waals surface area contributed by atoms with Crippen molar-refractivity contribution in [1.29, 1.82) is 0 Å². The second kappa shape index (κ2) is 11.2. The van der Waals surface area contributed by atoms with Crippen molar-refractivity contribution in [2.75, 3.05) is 20.2 Å². The highest BCUT2D eigenvalue weighted by molar-refractivity contribution is 7.89. The topological polar surface area (TPSA) is 96.9 Å². The van der Waals surface area contributed by atoms with Crippen LogP contribution in [0.3, 0.4) is 0 Å². The number of esters is 1. The van der Waals surface area contributed by atoms with Crippen molar-refractivity contribution in [2.24, 2.45) is 0 Å². The van der Waals surface area contributed by atoms with Crippen LogP contribution in [0.5, 0.6) is 0 Å². The van der Waals surface area contributed by atoms with Crippen LogP contribution in [0.4, 0.5) is 0 Å². The van der Waals surface area contributed by atoms with Gasteiger partial charge in [-0.3, -0.25) is 9.78 Å². The van der Waals surface area contributed by atoms with E-state index >= 15 is 0 Å². The lowest BCUT2D eigenvalue weighted by Gasteiger charge is -2.38. The summed E-state index contributed by atoms with van der Waals surface area (Å²) in [6.45, 7) is 0.861. The number of sulfonamides is 1. The number of amides is 1. The van der Waals surface area contributed by atoms with Crippen molar-refractivity contribution in [2.45, 2.75) is 30.3 Å². The molecule has 4 rings (SSSR count). The molecule has 1 amide bonds. The Morgan fingerprint density at radius 3 is 2.44 bits per heavy atom. The maximum Gasteiger partial charge on any atom is 0.337 e. The fourth-order valence-corrected chi connectivity index (χ4v) is 6.00. The summed E-state index contributed by atoms with van der Waals surface area (Å²) in [5.41, 5.74) is 1.54. The molecule has 0 N–H and O–H groups in total. The van der Waals surface area contributed by atoms with E-state index in [1.807, 2.05) is 0 Å². The first kappa shape index (κ1) is 25.8. The maximum absolute atomic E-state index is 13.8. The summed E-state index contributed by atoms with van der Waals surface area (Å²) in [7, 11) is -2.62. The quantitative estimate of drug-likeness (QED) is 0.431. The highest BCUT2D eigenvalue weighted by Gasteiger charge is 2.36. The van der Waals surface area contributed by atoms with E-state index in [1.54, 1.807) is 47.5 Å². The standard InChI is InChI=1S/C26H26ClN3O5S/c1-35-26(32)20-8-6-19(7-9-20)17-30(36(33,34)24-12-10-22(27)11-13-24)23-5-3-15-29(18-23)25(31)21-4-2-14-28-16-21/h2,4,6-14,16,23H,3,5,15,17-18H2,1H3. The van der Waals surface area contributed by atoms with Crippen LogP contribution in [0, 0.1) is 0 Å². The van der Waals surface area contributed by atoms with Crippen molar-refractivity contribution in [3.63, 3.8) is 0 Å². The normalized spacial score (nSPS) is 16.1. The minimum Gasteiger partial charge on any atom is -0.465 e. The third-order valence-electron chi connectivity index (χ3n) is 6.13. The summed E-state index contributed by atoms with van der Waals surface area (Å²) in [5, 5.41) is 0.435. The molecular weight excluding hydrogens is 502 g/mol. The minimum atomic E-state index is -3.93. The van der Waals surface area contributed by atoms with Crippen LogP contribution in [0.1, 0.15) is 39.1 Å². The Balaban J connectivity index is 1.65. The monoisotopic (exact) mass is 527 g/mol. The number of likely N-dealkylation sites (tertiary alicyclic amines) is 1. The number of aromatic nitrogens is 1. The number of hydrogen-bond donors (Lipinski definition) is 0. The van der Waals surface area contributed by atoms with Crippen LogP contribution in [0.2, 0.25) is 5.02 Å². The number of benzene rings is 2. The number of ether oxygens (including phenoxy) is 1. The minimum absolute atomic E-state index is 0.0754. The first-order chi connectivity index (χ1) is 17.3. The second-order valence-electron chi connectivity index (χ2n) is 8.48. The summed E-state index contributed by atoms with van der Waals surface area (Å²) < 4.78 is 33.8. The van der Waals surface area contributed by atoms with Gasteiger partial charge in [-0.15, -0.1) is 0 Å². The molecule has 1 atom stereocenters. The van der Waals surface area contributed by atoms with Gasteiger partial charge in [0.05, 0.1) is 23.1 Å². The summed E-state index contributed by atoms with van der Waals surface area (Å²) >= 11 is 5.99. The van der Waals surface area contributed by atoms with E-state index < -0.39 is 22.0 Å². The first-order valence-corrected chi connectivity index (χ1v) is 13.3. The van der Waals surface area contributed by atoms with E-state index in [0.717, 1.165) is 0 Å². The van der Waals surface area contributed by atoms with E-state index in [4.69, 9.17) is 16.3 Å². The number of halogens is 1. The lowest BCUT2D eigenvalue weighted by molar-refractivity contribution is 0.0600. The van der Waals surface area contributed by atoms with Gasteiger partial charge in [0, 0.05) is 43.1 Å². The number of nitrogens with zero attached hydrogens (tertiary/aromatic N) is 3. The Morgan fingerprint density at radius 2 is 1.81 bits per heavy atom. The van der Waals surface area contributed by atoms with Crippen LogP contribution < -0.4 is 0 Å². The van der Waals surface area contributed by atoms with E-state index in [-0.39, 0.29) is 23.9 Å². The average Bonchev–Trinajstić information content (AvgIpc) is 2.92. The zero-order chi connectivity index (χ0) is 25.7. The summed E-state index contributed by atoms with van der Waals surface area (Å²) in [4.78, 5) is 30.7. The van der Waals surface area contributed by atoms with Gasteiger partial charge in [0.25, 0.3) is 5.91 Å². The van der Waals surface area contributed by atoms with Crippen molar-refractivity contribution in [3.8, 4) is 0 Å². The molecule has 1 unspecified atom stereocenters. The molecule has 1 saturated heterocycles. The maximum atomic E-state index is 13.8. The van der Waals surface area contributed by atoms with Gasteiger partial charge >= 0.3 is 5.97 Å². The molecule has 10 heteroatoms. The smallest absolute Gasteiger partial charge is 0.337 e. The van der Waals surface area contributed by atoms with Crippen LogP contribution in [0.25, 0.3) is 0 Å². The Morgan fingerprint density at radius 1 is 1.08 bits per heavy atom. The van der Waals surface area contributed by atoms with Gasteiger partial charge in [-0.2, -0.15) is 4.31 Å². The average molecular weight is 528 g/mol. The SMILES string of the molecule is COC(=O)c1ccc(CN(C2CCCN(C(=O)c3cccnc3)C2)S(=O)(=O)c2ccc(Cl)cc2)cc1. The predicted molar refractivity (Wildman–Crippen MR) is 135 cm³/mol. The van der Waals surface area contributed by atoms with E-state index in [0.29, 0.717) is 41.1 Å². The molecule has 1 aliphatic rings. The molecular formula is C26H26ClN3O5S. The largest absolute Gasteiger partial charge is 0.465 e. The molecule has 1 fully saturated rings. The summed E-state index contributed by atoms with van der Waals surface area (Å²) in [5.74, 6) is -0.650. The molecule has 1 aliphatic heterocycles. The van der Waals surface area contributed by atoms with E-state index in [2.05, 4.69) is 4.98 Å². The Bertz CT molecular complexity index is 1320. The van der Waals surface area contributed by atoms with Gasteiger partial charge in [0.15, 0.2) is 0 Å². The van der Waals surface area contributed by atoms with E-state index in [9.17, 15) is 18.0 Å². The highest BCUT2D eigenvalue weighted by Crippen LogP contribution is 2.27. The van der Waals surface area contributed by atoms with Gasteiger partial charge in [-0.1, -0.05) is 23.7 Å². The number of carbonyl (C=O) groups is 2. The lowest BCUT2D eigenvalue weighted by Crippen LogP contribution is -2.51. The number of carbonyl (C=O) groups excluding carboxylic acids is 2. The van der Waals surface area contributed by atoms with Gasteiger partial charge in [0.2, 0.25) is 10.0 Å². The Kier molecular flexibility index (Phi) is 8.03. The van der Waals surface area contributed by atoms with Gasteiger partial charge in [-0.05, 0) is 66.9 Å². The molecule has 0 bridgehead atoms. The van der Waals surface area contributed by atoms with Crippen molar-refractivity contribution in [1.82, 2.24) is 14.2 Å². The number of rotatable bonds is 7. The molecule has 3 aromatic rings. The Hall–Kier alpha value is -3.27.